The number of nitrogens with one attached hydrogen (secondary N) is 1. The van der Waals surface area contributed by atoms with Gasteiger partial charge in [-0.15, -0.1) is 0 Å². The molecule has 124 valence electrons. The summed E-state index contributed by atoms with van der Waals surface area (Å²) >= 11 is 5.61. The number of aryl methyl sites for hydroxylation is 2. The van der Waals surface area contributed by atoms with E-state index in [2.05, 4.69) is 37.4 Å². The number of thiocarbonyl (C=S) groups is 1. The first-order chi connectivity index (χ1) is 11.4. The van der Waals surface area contributed by atoms with Crippen LogP contribution in [0.1, 0.15) is 36.1 Å². The third-order valence-electron chi connectivity index (χ3n) is 4.98. The molecule has 2 bridgehead atoms. The summed E-state index contributed by atoms with van der Waals surface area (Å²) < 4.78 is 19.9. The number of hydrogen-bond acceptors (Lipinski definition) is 2. The first kappa shape index (κ1) is 15.4. The fourth-order valence-corrected chi connectivity index (χ4v) is 4.04. The van der Waals surface area contributed by atoms with Crippen molar-refractivity contribution >= 4 is 23.0 Å². The van der Waals surface area contributed by atoms with E-state index >= 15 is 0 Å². The van der Waals surface area contributed by atoms with E-state index in [0.29, 0.717) is 17.3 Å². The van der Waals surface area contributed by atoms with E-state index in [1.165, 1.54) is 23.3 Å². The van der Waals surface area contributed by atoms with Gasteiger partial charge in [0, 0.05) is 17.7 Å². The minimum Gasteiger partial charge on any atom is -0.467 e. The molecule has 0 saturated carbocycles. The van der Waals surface area contributed by atoms with Crippen molar-refractivity contribution in [2.45, 2.75) is 39.0 Å². The van der Waals surface area contributed by atoms with Crippen LogP contribution in [0.15, 0.2) is 36.4 Å². The summed E-state index contributed by atoms with van der Waals surface area (Å²) in [5, 5.41) is 3.95. The Labute approximate surface area is 146 Å². The zero-order valence-corrected chi connectivity index (χ0v) is 14.7. The van der Waals surface area contributed by atoms with Crippen LogP contribution in [0.5, 0.6) is 5.75 Å². The Morgan fingerprint density at radius 3 is 2.75 bits per heavy atom. The van der Waals surface area contributed by atoms with E-state index in [0.717, 1.165) is 11.3 Å². The topological polar surface area (TPSA) is 24.5 Å². The molecule has 0 spiro atoms. The Hall–Kier alpha value is -2.14. The van der Waals surface area contributed by atoms with E-state index in [1.807, 2.05) is 11.8 Å². The van der Waals surface area contributed by atoms with Gasteiger partial charge in [0.15, 0.2) is 10.8 Å². The third-order valence-corrected chi connectivity index (χ3v) is 5.28. The molecule has 2 aliphatic heterocycles. The van der Waals surface area contributed by atoms with Gasteiger partial charge in [-0.05, 0) is 74.4 Å². The molecule has 0 amide bonds. The van der Waals surface area contributed by atoms with Crippen LogP contribution in [0.4, 0.5) is 10.1 Å². The number of benzene rings is 2. The second kappa shape index (κ2) is 5.18. The molecule has 1 fully saturated rings. The SMILES string of the molecule is Cc1ccc(N2C(=S)N[C@H]3C[C@]2(C)Oc2ccc(F)cc23)cc1C. The molecule has 2 heterocycles. The maximum absolute atomic E-state index is 13.6. The van der Waals surface area contributed by atoms with Gasteiger partial charge < -0.3 is 10.1 Å². The molecule has 4 rings (SSSR count). The quantitative estimate of drug-likeness (QED) is 0.778. The lowest BCUT2D eigenvalue weighted by atomic mass is 9.90. The van der Waals surface area contributed by atoms with Crippen molar-refractivity contribution in [3.8, 4) is 5.75 Å². The summed E-state index contributed by atoms with van der Waals surface area (Å²) in [6.07, 6.45) is 0.691. The summed E-state index contributed by atoms with van der Waals surface area (Å²) in [7, 11) is 0. The van der Waals surface area contributed by atoms with Crippen molar-refractivity contribution in [2.24, 2.45) is 0 Å². The van der Waals surface area contributed by atoms with Gasteiger partial charge in [-0.2, -0.15) is 0 Å². The van der Waals surface area contributed by atoms with Crippen LogP contribution in [-0.2, 0) is 0 Å². The number of hydrogen-bond donors (Lipinski definition) is 1. The molecule has 5 heteroatoms. The molecule has 0 aliphatic carbocycles. The molecule has 24 heavy (non-hydrogen) atoms. The van der Waals surface area contributed by atoms with Crippen molar-refractivity contribution in [3.05, 3.63) is 58.9 Å². The second-order valence-corrected chi connectivity index (χ2v) is 7.16. The Kier molecular flexibility index (Phi) is 3.32. The molecular weight excluding hydrogens is 323 g/mol. The third kappa shape index (κ3) is 2.26. The number of rotatable bonds is 1. The smallest absolute Gasteiger partial charge is 0.188 e. The molecular formula is C19H19FN2OS. The molecule has 3 nitrogen and oxygen atoms in total. The summed E-state index contributed by atoms with van der Waals surface area (Å²) in [5.41, 5.74) is 3.68. The second-order valence-electron chi connectivity index (χ2n) is 6.77. The average molecular weight is 342 g/mol. The largest absolute Gasteiger partial charge is 0.467 e. The molecule has 0 unspecified atom stereocenters. The van der Waals surface area contributed by atoms with Crippen molar-refractivity contribution in [1.29, 1.82) is 0 Å². The predicted molar refractivity (Wildman–Crippen MR) is 96.9 cm³/mol. The molecule has 2 aliphatic rings. The van der Waals surface area contributed by atoms with Crippen LogP contribution in [-0.4, -0.2) is 10.8 Å². The maximum atomic E-state index is 13.6. The Morgan fingerprint density at radius 1 is 1.21 bits per heavy atom. The van der Waals surface area contributed by atoms with Gasteiger partial charge in [0.25, 0.3) is 0 Å². The summed E-state index contributed by atoms with van der Waals surface area (Å²) in [4.78, 5) is 2.03. The fourth-order valence-electron chi connectivity index (χ4n) is 3.60. The van der Waals surface area contributed by atoms with E-state index in [9.17, 15) is 4.39 Å². The molecule has 2 aromatic rings. The van der Waals surface area contributed by atoms with Crippen molar-refractivity contribution in [1.82, 2.24) is 5.32 Å². The molecule has 0 aromatic heterocycles. The predicted octanol–water partition coefficient (Wildman–Crippen LogP) is 4.38. The van der Waals surface area contributed by atoms with Gasteiger partial charge >= 0.3 is 0 Å². The average Bonchev–Trinajstić information content (AvgIpc) is 2.51. The van der Waals surface area contributed by atoms with Gasteiger partial charge in [-0.3, -0.25) is 4.90 Å². The van der Waals surface area contributed by atoms with Gasteiger partial charge in [0.05, 0.1) is 6.04 Å². The number of fused-ring (bicyclic) bond motifs is 4. The highest BCUT2D eigenvalue weighted by Crippen LogP contribution is 2.45. The molecule has 1 N–H and O–H groups in total. The van der Waals surface area contributed by atoms with E-state index in [-0.39, 0.29) is 11.9 Å². The summed E-state index contributed by atoms with van der Waals surface area (Å²) in [6, 6.07) is 10.9. The Balaban J connectivity index is 1.80. The van der Waals surface area contributed by atoms with Gasteiger partial charge in [0.2, 0.25) is 0 Å². The van der Waals surface area contributed by atoms with Crippen LogP contribution >= 0.6 is 12.2 Å². The normalized spacial score (nSPS) is 24.9. The number of nitrogens with zero attached hydrogens (tertiary/aromatic N) is 1. The minimum absolute atomic E-state index is 0.0373. The molecule has 1 saturated heterocycles. The minimum atomic E-state index is -0.598. The lowest BCUT2D eigenvalue weighted by Crippen LogP contribution is -2.65. The highest BCUT2D eigenvalue weighted by atomic mass is 32.1. The number of anilines is 1. The first-order valence-electron chi connectivity index (χ1n) is 8.04. The van der Waals surface area contributed by atoms with Crippen LogP contribution in [0.3, 0.4) is 0 Å². The Morgan fingerprint density at radius 2 is 2.00 bits per heavy atom. The van der Waals surface area contributed by atoms with Crippen LogP contribution in [0.25, 0.3) is 0 Å². The van der Waals surface area contributed by atoms with Gasteiger partial charge in [0.1, 0.15) is 11.6 Å². The monoisotopic (exact) mass is 342 g/mol. The zero-order chi connectivity index (χ0) is 17.1. The van der Waals surface area contributed by atoms with Crippen LogP contribution in [0.2, 0.25) is 0 Å². The Bertz CT molecular complexity index is 853. The lowest BCUT2D eigenvalue weighted by molar-refractivity contribution is 0.0495. The van der Waals surface area contributed by atoms with Crippen LogP contribution < -0.4 is 15.0 Å². The summed E-state index contributed by atoms with van der Waals surface area (Å²) in [6.45, 7) is 6.21. The first-order valence-corrected chi connectivity index (χ1v) is 8.45. The standard InChI is InChI=1S/C19H19FN2OS/c1-11-4-6-14(8-12(11)2)22-18(24)21-16-10-19(22,3)23-17-7-5-13(20)9-15(16)17/h4-9,16H,10H2,1-3H3,(H,21,24)/t16-,19-/m0/s1. The van der Waals surface area contributed by atoms with Crippen LogP contribution in [0, 0.1) is 19.7 Å². The summed E-state index contributed by atoms with van der Waals surface area (Å²) in [5.74, 6) is 0.448. The van der Waals surface area contributed by atoms with Gasteiger partial charge in [-0.25, -0.2) is 4.39 Å². The maximum Gasteiger partial charge on any atom is 0.188 e. The molecule has 0 radical (unpaired) electrons. The number of ether oxygens (including phenoxy) is 1. The van der Waals surface area contributed by atoms with E-state index in [4.69, 9.17) is 17.0 Å². The molecule has 2 atom stereocenters. The zero-order valence-electron chi connectivity index (χ0n) is 13.9. The lowest BCUT2D eigenvalue weighted by Gasteiger charge is -2.52. The van der Waals surface area contributed by atoms with E-state index in [1.54, 1.807) is 6.07 Å². The highest BCUT2D eigenvalue weighted by Gasteiger charge is 2.48. The molecule has 2 aromatic carbocycles. The van der Waals surface area contributed by atoms with Gasteiger partial charge in [-0.1, -0.05) is 6.07 Å². The van der Waals surface area contributed by atoms with Crippen molar-refractivity contribution in [3.63, 3.8) is 0 Å². The fraction of sp³-hybridized carbons (Fsp3) is 0.316. The van der Waals surface area contributed by atoms with Crippen molar-refractivity contribution < 1.29 is 9.13 Å². The van der Waals surface area contributed by atoms with Crippen molar-refractivity contribution in [2.75, 3.05) is 4.90 Å². The highest BCUT2D eigenvalue weighted by molar-refractivity contribution is 7.80. The van der Waals surface area contributed by atoms with E-state index < -0.39 is 5.72 Å². The number of halogens is 1.